The molecule has 0 spiro atoms. The zero-order valence-electron chi connectivity index (χ0n) is 12.3. The molecule has 0 aliphatic carbocycles. The molecule has 0 aromatic heterocycles. The Bertz CT molecular complexity index is 477. The predicted octanol–water partition coefficient (Wildman–Crippen LogP) is 3.91. The van der Waals surface area contributed by atoms with Crippen LogP contribution in [0.3, 0.4) is 0 Å². The molecular formula is C15H20Cl2N2OS. The highest BCUT2D eigenvalue weighted by Gasteiger charge is 2.33. The van der Waals surface area contributed by atoms with Crippen LogP contribution in [0.2, 0.25) is 0 Å². The Morgan fingerprint density at radius 3 is 2.48 bits per heavy atom. The van der Waals surface area contributed by atoms with E-state index in [-0.39, 0.29) is 11.3 Å². The molecule has 1 amide bonds. The molecule has 0 saturated carbocycles. The second-order valence-electron chi connectivity index (χ2n) is 4.82. The van der Waals surface area contributed by atoms with Crippen molar-refractivity contribution >= 4 is 46.6 Å². The topological polar surface area (TPSA) is 23.6 Å². The van der Waals surface area contributed by atoms with Gasteiger partial charge in [-0.3, -0.25) is 4.79 Å². The van der Waals surface area contributed by atoms with Crippen molar-refractivity contribution < 1.29 is 4.79 Å². The van der Waals surface area contributed by atoms with Crippen molar-refractivity contribution in [1.82, 2.24) is 4.90 Å². The van der Waals surface area contributed by atoms with Crippen molar-refractivity contribution in [2.45, 2.75) is 24.1 Å². The summed E-state index contributed by atoms with van der Waals surface area (Å²) in [7, 11) is 0. The van der Waals surface area contributed by atoms with Crippen molar-refractivity contribution in [2.24, 2.45) is 0 Å². The van der Waals surface area contributed by atoms with Crippen LogP contribution in [0.25, 0.3) is 0 Å². The van der Waals surface area contributed by atoms with Crippen molar-refractivity contribution in [2.75, 3.05) is 30.3 Å². The van der Waals surface area contributed by atoms with E-state index in [1.54, 1.807) is 16.7 Å². The van der Waals surface area contributed by atoms with Gasteiger partial charge in [0.2, 0.25) is 0 Å². The molecule has 2 rings (SSSR count). The normalized spacial score (nSPS) is 18.3. The molecule has 1 aromatic rings. The van der Waals surface area contributed by atoms with E-state index in [1.165, 1.54) is 5.69 Å². The summed E-state index contributed by atoms with van der Waals surface area (Å²) in [4.78, 5) is 15.1. The van der Waals surface area contributed by atoms with Crippen molar-refractivity contribution in [1.29, 1.82) is 0 Å². The lowest BCUT2D eigenvalue weighted by Gasteiger charge is -2.26. The van der Waals surface area contributed by atoms with E-state index < -0.39 is 4.84 Å². The van der Waals surface area contributed by atoms with Crippen LogP contribution < -0.4 is 4.90 Å². The number of thioether (sulfide) groups is 1. The standard InChI is InChI=1S/C15H20Cl2N2OS/c1-3-18(4-2)12-7-5-11(6-8-12)15-19(9-10-21-15)14(20)13(16)17/h5-8,13,15H,3-4,9-10H2,1-2H3. The van der Waals surface area contributed by atoms with Crippen molar-refractivity contribution in [3.05, 3.63) is 29.8 Å². The van der Waals surface area contributed by atoms with E-state index in [2.05, 4.69) is 43.0 Å². The Labute approximate surface area is 140 Å². The monoisotopic (exact) mass is 346 g/mol. The number of hydrogen-bond donors (Lipinski definition) is 0. The molecule has 1 fully saturated rings. The summed E-state index contributed by atoms with van der Waals surface area (Å²) in [5.41, 5.74) is 2.33. The second-order valence-corrected chi connectivity index (χ2v) is 7.10. The minimum atomic E-state index is -0.985. The van der Waals surface area contributed by atoms with Gasteiger partial charge in [0.15, 0.2) is 4.84 Å². The van der Waals surface area contributed by atoms with Crippen LogP contribution in [-0.2, 0) is 4.79 Å². The maximum Gasteiger partial charge on any atom is 0.257 e. The predicted molar refractivity (Wildman–Crippen MR) is 92.4 cm³/mol. The van der Waals surface area contributed by atoms with Crippen LogP contribution >= 0.6 is 35.0 Å². The molecule has 1 saturated heterocycles. The highest BCUT2D eigenvalue weighted by atomic mass is 35.5. The van der Waals surface area contributed by atoms with E-state index in [1.807, 2.05) is 0 Å². The van der Waals surface area contributed by atoms with Gasteiger partial charge in [0.1, 0.15) is 5.37 Å². The maximum absolute atomic E-state index is 12.0. The molecular weight excluding hydrogens is 327 g/mol. The number of rotatable bonds is 5. The number of alkyl halides is 2. The highest BCUT2D eigenvalue weighted by molar-refractivity contribution is 7.99. The average molecular weight is 347 g/mol. The summed E-state index contributed by atoms with van der Waals surface area (Å²) < 4.78 is 0. The van der Waals surface area contributed by atoms with Gasteiger partial charge in [-0.05, 0) is 31.5 Å². The summed E-state index contributed by atoms with van der Waals surface area (Å²) >= 11 is 13.2. The Balaban J connectivity index is 2.16. The quantitative estimate of drug-likeness (QED) is 0.755. The van der Waals surface area contributed by atoms with Gasteiger partial charge in [-0.2, -0.15) is 0 Å². The molecule has 1 aliphatic rings. The summed E-state index contributed by atoms with van der Waals surface area (Å²) in [5.74, 6) is 0.704. The van der Waals surface area contributed by atoms with E-state index in [0.29, 0.717) is 6.54 Å². The molecule has 3 nitrogen and oxygen atoms in total. The number of carbonyl (C=O) groups excluding carboxylic acids is 1. The van der Waals surface area contributed by atoms with E-state index in [4.69, 9.17) is 23.2 Å². The Morgan fingerprint density at radius 1 is 1.33 bits per heavy atom. The molecule has 1 unspecified atom stereocenters. The van der Waals surface area contributed by atoms with Crippen LogP contribution in [0.4, 0.5) is 5.69 Å². The Morgan fingerprint density at radius 2 is 1.95 bits per heavy atom. The van der Waals surface area contributed by atoms with E-state index in [0.717, 1.165) is 24.4 Å². The van der Waals surface area contributed by atoms with Crippen LogP contribution in [0.5, 0.6) is 0 Å². The first kappa shape index (κ1) is 16.8. The number of anilines is 1. The van der Waals surface area contributed by atoms with Gasteiger partial charge in [0, 0.05) is 31.1 Å². The molecule has 0 bridgehead atoms. The van der Waals surface area contributed by atoms with Gasteiger partial charge in [0.25, 0.3) is 5.91 Å². The third-order valence-corrected chi connectivity index (χ3v) is 5.30. The van der Waals surface area contributed by atoms with Crippen LogP contribution in [0.15, 0.2) is 24.3 Å². The lowest BCUT2D eigenvalue weighted by atomic mass is 10.1. The molecule has 1 aromatic carbocycles. The number of halogens is 2. The smallest absolute Gasteiger partial charge is 0.257 e. The molecule has 1 atom stereocenters. The van der Waals surface area contributed by atoms with Gasteiger partial charge >= 0.3 is 0 Å². The van der Waals surface area contributed by atoms with Gasteiger partial charge < -0.3 is 9.80 Å². The zero-order chi connectivity index (χ0) is 15.4. The number of benzene rings is 1. The van der Waals surface area contributed by atoms with Crippen molar-refractivity contribution in [3.63, 3.8) is 0 Å². The first-order chi connectivity index (χ1) is 10.1. The minimum Gasteiger partial charge on any atom is -0.372 e. The van der Waals surface area contributed by atoms with Gasteiger partial charge in [-0.1, -0.05) is 35.3 Å². The fourth-order valence-corrected chi connectivity index (χ4v) is 4.05. The summed E-state index contributed by atoms with van der Waals surface area (Å²) in [5, 5.41) is 0.0169. The fraction of sp³-hybridized carbons (Fsp3) is 0.533. The Kier molecular flexibility index (Phi) is 6.08. The number of nitrogens with zero attached hydrogens (tertiary/aromatic N) is 2. The number of amides is 1. The van der Waals surface area contributed by atoms with Gasteiger partial charge in [-0.25, -0.2) is 0 Å². The number of hydrogen-bond acceptors (Lipinski definition) is 3. The molecule has 21 heavy (non-hydrogen) atoms. The molecule has 0 radical (unpaired) electrons. The van der Waals surface area contributed by atoms with Gasteiger partial charge in [-0.15, -0.1) is 11.8 Å². The molecule has 6 heteroatoms. The van der Waals surface area contributed by atoms with Gasteiger partial charge in [0.05, 0.1) is 0 Å². The highest BCUT2D eigenvalue weighted by Crippen LogP contribution is 2.39. The summed E-state index contributed by atoms with van der Waals surface area (Å²) in [6.45, 7) is 6.96. The van der Waals surface area contributed by atoms with E-state index in [9.17, 15) is 4.79 Å². The SMILES string of the molecule is CCN(CC)c1ccc(C2SCCN2C(=O)C(Cl)Cl)cc1. The molecule has 1 heterocycles. The lowest BCUT2D eigenvalue weighted by Crippen LogP contribution is -2.34. The van der Waals surface area contributed by atoms with Crippen LogP contribution in [-0.4, -0.2) is 41.0 Å². The first-order valence-corrected chi connectivity index (χ1v) is 9.05. The number of carbonyl (C=O) groups is 1. The molecule has 116 valence electrons. The second kappa shape index (κ2) is 7.61. The Hall–Kier alpha value is -0.580. The lowest BCUT2D eigenvalue weighted by molar-refractivity contribution is -0.129. The average Bonchev–Trinajstić information content (AvgIpc) is 2.97. The molecule has 1 aliphatic heterocycles. The third-order valence-electron chi connectivity index (χ3n) is 3.67. The third kappa shape index (κ3) is 3.79. The zero-order valence-corrected chi connectivity index (χ0v) is 14.6. The minimum absolute atomic E-state index is 0.0169. The van der Waals surface area contributed by atoms with E-state index >= 15 is 0 Å². The van der Waals surface area contributed by atoms with Crippen LogP contribution in [0.1, 0.15) is 24.8 Å². The summed E-state index contributed by atoms with van der Waals surface area (Å²) in [6, 6.07) is 8.41. The fourth-order valence-electron chi connectivity index (χ4n) is 2.54. The maximum atomic E-state index is 12.0. The van der Waals surface area contributed by atoms with Crippen LogP contribution in [0, 0.1) is 0 Å². The first-order valence-electron chi connectivity index (χ1n) is 7.13. The largest absolute Gasteiger partial charge is 0.372 e. The molecule has 0 N–H and O–H groups in total. The van der Waals surface area contributed by atoms with Crippen molar-refractivity contribution in [3.8, 4) is 0 Å². The summed E-state index contributed by atoms with van der Waals surface area (Å²) in [6.07, 6.45) is 0.